The lowest BCUT2D eigenvalue weighted by molar-refractivity contribution is 0.436. The summed E-state index contributed by atoms with van der Waals surface area (Å²) in [6, 6.07) is 5.35. The molecule has 0 spiro atoms. The molecule has 5 heterocycles. The van der Waals surface area contributed by atoms with Crippen LogP contribution in [0.2, 0.25) is 0 Å². The van der Waals surface area contributed by atoms with E-state index in [4.69, 9.17) is 15.7 Å². The van der Waals surface area contributed by atoms with Gasteiger partial charge in [-0.2, -0.15) is 15.1 Å². The number of H-pyrrole nitrogens is 1. The number of anilines is 4. The average Bonchev–Trinajstić information content (AvgIpc) is 3.59. The molecule has 10 nitrogen and oxygen atoms in total. The standard InChI is InChI=1S/C24H25FN10/c1-11-15-10-34(18(11)7-16(15)26)23-20-14-5-12(25)6-17(27-2)21(14)31-22(20)32-24(33-23)30-13-8-28-19-3-4-29-35(19)9-13/h3-6,8-9,11,15-16,18,27H,7,10,26H2,1-2H3,(H2,30,31,32,33)/t11-,15+,16-,18+/m1/s1. The van der Waals surface area contributed by atoms with Crippen molar-refractivity contribution in [3.05, 3.63) is 42.6 Å². The number of hydrogen-bond acceptors (Lipinski definition) is 8. The second kappa shape index (κ2) is 7.25. The molecule has 1 saturated heterocycles. The third kappa shape index (κ3) is 2.97. The van der Waals surface area contributed by atoms with Crippen LogP contribution < -0.4 is 21.3 Å². The molecule has 0 amide bonds. The number of aromatic amines is 1. The van der Waals surface area contributed by atoms with Gasteiger partial charge in [0.05, 0.1) is 40.9 Å². The number of benzene rings is 1. The molecule has 11 heteroatoms. The van der Waals surface area contributed by atoms with Gasteiger partial charge in [-0.3, -0.25) is 0 Å². The molecular formula is C24H25FN10. The predicted octanol–water partition coefficient (Wildman–Crippen LogP) is 3.25. The Kier molecular flexibility index (Phi) is 4.23. The molecule has 1 aromatic carbocycles. The van der Waals surface area contributed by atoms with Crippen LogP contribution in [-0.2, 0) is 0 Å². The summed E-state index contributed by atoms with van der Waals surface area (Å²) in [6.45, 7) is 3.08. The molecule has 0 radical (unpaired) electrons. The number of fused-ring (bicyclic) bond motifs is 6. The molecule has 5 N–H and O–H groups in total. The number of nitrogens with zero attached hydrogens (tertiary/aromatic N) is 6. The Hall–Kier alpha value is -3.99. The number of aromatic nitrogens is 6. The van der Waals surface area contributed by atoms with E-state index in [2.05, 4.69) is 37.5 Å². The van der Waals surface area contributed by atoms with E-state index >= 15 is 0 Å². The third-order valence-electron chi connectivity index (χ3n) is 7.70. The monoisotopic (exact) mass is 472 g/mol. The van der Waals surface area contributed by atoms with Gasteiger partial charge in [-0.15, -0.1) is 0 Å². The number of piperidine rings is 1. The lowest BCUT2D eigenvalue weighted by Crippen LogP contribution is -2.41. The Bertz CT molecular complexity index is 1610. The van der Waals surface area contributed by atoms with Crippen LogP contribution in [-0.4, -0.2) is 55.2 Å². The van der Waals surface area contributed by atoms with Crippen molar-refractivity contribution < 1.29 is 4.39 Å². The van der Waals surface area contributed by atoms with Gasteiger partial charge in [-0.1, -0.05) is 6.92 Å². The van der Waals surface area contributed by atoms with Crippen molar-refractivity contribution in [2.45, 2.75) is 25.4 Å². The average molecular weight is 473 g/mol. The van der Waals surface area contributed by atoms with Crippen molar-refractivity contribution in [1.82, 2.24) is 29.5 Å². The van der Waals surface area contributed by atoms with Gasteiger partial charge in [0.15, 0.2) is 5.65 Å². The molecule has 1 aliphatic heterocycles. The van der Waals surface area contributed by atoms with Crippen LogP contribution in [0.5, 0.6) is 0 Å². The van der Waals surface area contributed by atoms with Crippen LogP contribution in [0.25, 0.3) is 27.6 Å². The number of nitrogens with one attached hydrogen (secondary N) is 3. The maximum Gasteiger partial charge on any atom is 0.231 e. The predicted molar refractivity (Wildman–Crippen MR) is 134 cm³/mol. The summed E-state index contributed by atoms with van der Waals surface area (Å²) in [4.78, 5) is 19.9. The minimum absolute atomic E-state index is 0.198. The van der Waals surface area contributed by atoms with Gasteiger partial charge < -0.3 is 26.3 Å². The Morgan fingerprint density at radius 2 is 2.14 bits per heavy atom. The fraction of sp³-hybridized carbons (Fsp3) is 0.333. The minimum Gasteiger partial charge on any atom is -0.386 e. The lowest BCUT2D eigenvalue weighted by atomic mass is 9.98. The molecule has 4 atom stereocenters. The molecule has 0 unspecified atom stereocenters. The third-order valence-corrected chi connectivity index (χ3v) is 7.70. The number of nitrogens with two attached hydrogens (primary N) is 1. The highest BCUT2D eigenvalue weighted by Gasteiger charge is 2.49. The summed E-state index contributed by atoms with van der Waals surface area (Å²) in [7, 11) is 1.78. The summed E-state index contributed by atoms with van der Waals surface area (Å²) < 4.78 is 16.3. The smallest absolute Gasteiger partial charge is 0.231 e. The Balaban J connectivity index is 1.42. The van der Waals surface area contributed by atoms with Crippen molar-refractivity contribution in [2.24, 2.45) is 17.6 Å². The number of hydrogen-bond donors (Lipinski definition) is 4. The van der Waals surface area contributed by atoms with Crippen molar-refractivity contribution in [1.29, 1.82) is 0 Å². The van der Waals surface area contributed by atoms with Gasteiger partial charge >= 0.3 is 0 Å². The molecule has 1 aliphatic carbocycles. The van der Waals surface area contributed by atoms with Crippen LogP contribution in [0.1, 0.15) is 13.3 Å². The fourth-order valence-corrected chi connectivity index (χ4v) is 5.97. The highest BCUT2D eigenvalue weighted by atomic mass is 19.1. The molecule has 4 aromatic heterocycles. The van der Waals surface area contributed by atoms with E-state index in [1.54, 1.807) is 30.0 Å². The maximum atomic E-state index is 14.6. The van der Waals surface area contributed by atoms with Gasteiger partial charge in [0.1, 0.15) is 17.3 Å². The van der Waals surface area contributed by atoms with Crippen molar-refractivity contribution in [3.63, 3.8) is 0 Å². The van der Waals surface area contributed by atoms with Crippen LogP contribution in [0.15, 0.2) is 36.8 Å². The molecular weight excluding hydrogens is 447 g/mol. The van der Waals surface area contributed by atoms with Crippen LogP contribution in [0.3, 0.4) is 0 Å². The fourth-order valence-electron chi connectivity index (χ4n) is 5.97. The normalized spacial score (nSPS) is 23.7. The highest BCUT2D eigenvalue weighted by molar-refractivity contribution is 6.15. The molecule has 7 rings (SSSR count). The van der Waals surface area contributed by atoms with Crippen molar-refractivity contribution in [2.75, 3.05) is 29.1 Å². The van der Waals surface area contributed by atoms with E-state index in [9.17, 15) is 4.39 Å². The first-order valence-corrected chi connectivity index (χ1v) is 11.8. The van der Waals surface area contributed by atoms with Gasteiger partial charge in [0.2, 0.25) is 5.95 Å². The molecule has 2 fully saturated rings. The van der Waals surface area contributed by atoms with Gasteiger partial charge in [-0.25, -0.2) is 13.9 Å². The summed E-state index contributed by atoms with van der Waals surface area (Å²) >= 11 is 0. The minimum atomic E-state index is -0.312. The Morgan fingerprint density at radius 3 is 2.91 bits per heavy atom. The van der Waals surface area contributed by atoms with E-state index in [1.165, 1.54) is 6.07 Å². The maximum absolute atomic E-state index is 14.6. The van der Waals surface area contributed by atoms with Gasteiger partial charge in [0.25, 0.3) is 0 Å². The molecule has 2 bridgehead atoms. The van der Waals surface area contributed by atoms with Gasteiger partial charge in [-0.05, 0) is 30.4 Å². The summed E-state index contributed by atoms with van der Waals surface area (Å²) in [6.07, 6.45) is 6.18. The molecule has 178 valence electrons. The first-order chi connectivity index (χ1) is 17.0. The quantitative estimate of drug-likeness (QED) is 0.314. The first-order valence-electron chi connectivity index (χ1n) is 11.8. The van der Waals surface area contributed by atoms with E-state index in [-0.39, 0.29) is 17.9 Å². The van der Waals surface area contributed by atoms with Crippen molar-refractivity contribution in [3.8, 4) is 0 Å². The first kappa shape index (κ1) is 20.4. The molecule has 35 heavy (non-hydrogen) atoms. The van der Waals surface area contributed by atoms with Crippen molar-refractivity contribution >= 4 is 50.7 Å². The zero-order chi connectivity index (χ0) is 23.8. The van der Waals surface area contributed by atoms with E-state index in [1.807, 2.05) is 12.3 Å². The zero-order valence-electron chi connectivity index (χ0n) is 19.3. The topological polar surface area (TPSA) is 125 Å². The second-order valence-corrected chi connectivity index (χ2v) is 9.59. The van der Waals surface area contributed by atoms with E-state index in [0.29, 0.717) is 34.8 Å². The SMILES string of the molecule is CNc1cc(F)cc2c1[nH]c1nc(Nc3cnc4ccnn4c3)nc(N3C[C@H]4[C@@H](C)[C@@H]3C[C@H]4N)c12. The summed E-state index contributed by atoms with van der Waals surface area (Å²) in [5.74, 6) is 1.78. The molecule has 1 saturated carbocycles. The summed E-state index contributed by atoms with van der Waals surface area (Å²) in [5, 5.41) is 12.2. The van der Waals surface area contributed by atoms with Gasteiger partial charge in [0, 0.05) is 37.1 Å². The van der Waals surface area contributed by atoms with Crippen LogP contribution in [0.4, 0.5) is 27.5 Å². The largest absolute Gasteiger partial charge is 0.386 e. The van der Waals surface area contributed by atoms with E-state index in [0.717, 1.165) is 40.7 Å². The Morgan fingerprint density at radius 1 is 1.26 bits per heavy atom. The number of halogens is 1. The van der Waals surface area contributed by atoms with E-state index < -0.39 is 0 Å². The highest BCUT2D eigenvalue weighted by Crippen LogP contribution is 2.46. The molecule has 2 aliphatic rings. The lowest BCUT2D eigenvalue weighted by Gasteiger charge is -2.31. The Labute approximate surface area is 199 Å². The van der Waals surface area contributed by atoms with Crippen LogP contribution >= 0.6 is 0 Å². The van der Waals surface area contributed by atoms with Crippen LogP contribution in [0, 0.1) is 17.7 Å². The zero-order valence-corrected chi connectivity index (χ0v) is 19.3. The molecule has 5 aromatic rings. The summed E-state index contributed by atoms with van der Waals surface area (Å²) in [5.41, 5.74) is 9.98. The number of rotatable bonds is 4. The second-order valence-electron chi connectivity index (χ2n) is 9.59.